The Morgan fingerprint density at radius 2 is 2.06 bits per heavy atom. The molecule has 1 unspecified atom stereocenters. The van der Waals surface area contributed by atoms with Crippen LogP contribution in [0.4, 0.5) is 5.00 Å². The van der Waals surface area contributed by atoms with Crippen LogP contribution in [0.1, 0.15) is 52.0 Å². The summed E-state index contributed by atoms with van der Waals surface area (Å²) in [6.07, 6.45) is 5.85. The maximum Gasteiger partial charge on any atom is 0.263 e. The third-order valence-electron chi connectivity index (χ3n) is 6.54. The lowest BCUT2D eigenvalue weighted by molar-refractivity contribution is -0.116. The molecule has 0 aromatic carbocycles. The predicted octanol–water partition coefficient (Wildman–Crippen LogP) is 3.70. The van der Waals surface area contributed by atoms with E-state index in [0.717, 1.165) is 54.5 Å². The van der Waals surface area contributed by atoms with E-state index in [1.54, 1.807) is 11.3 Å². The van der Waals surface area contributed by atoms with Gasteiger partial charge in [-0.15, -0.1) is 22.7 Å². The Morgan fingerprint density at radius 3 is 2.82 bits per heavy atom. The number of fused-ring (bicyclic) bond motifs is 4. The second-order valence-electron chi connectivity index (χ2n) is 9.41. The lowest BCUT2D eigenvalue weighted by Crippen LogP contribution is -2.33. The molecule has 1 atom stereocenters. The van der Waals surface area contributed by atoms with Gasteiger partial charge in [0.15, 0.2) is 0 Å². The average Bonchev–Trinajstić information content (AvgIpc) is 3.42. The fourth-order valence-electron chi connectivity index (χ4n) is 4.95. The molecule has 3 aromatic rings. The molecule has 0 radical (unpaired) electrons. The van der Waals surface area contributed by atoms with E-state index in [1.165, 1.54) is 25.7 Å². The minimum atomic E-state index is -0.299. The predicted molar refractivity (Wildman–Crippen MR) is 132 cm³/mol. The number of aryl methyl sites for hydroxylation is 2. The second-order valence-corrected chi connectivity index (χ2v) is 11.6. The number of nitriles is 1. The maximum absolute atomic E-state index is 13.7. The van der Waals surface area contributed by atoms with Gasteiger partial charge in [0, 0.05) is 9.75 Å². The normalized spacial score (nSPS) is 17.2. The van der Waals surface area contributed by atoms with Gasteiger partial charge in [0.1, 0.15) is 28.3 Å². The molecule has 33 heavy (non-hydrogen) atoms. The number of hydrogen-bond donors (Lipinski definition) is 1. The topological polar surface area (TPSA) is 91.0 Å². The molecule has 3 heterocycles. The maximum atomic E-state index is 13.7. The zero-order chi connectivity index (χ0) is 23.3. The number of thiophene rings is 2. The number of nitrogens with zero attached hydrogens (tertiary/aromatic N) is 4. The van der Waals surface area contributed by atoms with Gasteiger partial charge in [0.25, 0.3) is 5.56 Å². The summed E-state index contributed by atoms with van der Waals surface area (Å²) in [5.74, 6) is 0.905. The molecule has 7 nitrogen and oxygen atoms in total. The molecule has 0 bridgehead atoms. The summed E-state index contributed by atoms with van der Waals surface area (Å²) in [5.41, 5.74) is 2.65. The minimum absolute atomic E-state index is 0.112. The molecule has 3 aromatic heterocycles. The largest absolute Gasteiger partial charge is 0.315 e. The molecule has 0 aliphatic heterocycles. The highest BCUT2D eigenvalue weighted by Gasteiger charge is 2.26. The summed E-state index contributed by atoms with van der Waals surface area (Å²) in [4.78, 5) is 36.8. The lowest BCUT2D eigenvalue weighted by atomic mass is 9.89. The van der Waals surface area contributed by atoms with Crippen molar-refractivity contribution < 1.29 is 4.79 Å². The van der Waals surface area contributed by atoms with Crippen LogP contribution in [0.25, 0.3) is 10.2 Å². The third kappa shape index (κ3) is 4.01. The average molecular weight is 482 g/mol. The van der Waals surface area contributed by atoms with Crippen molar-refractivity contribution in [1.82, 2.24) is 14.5 Å². The first-order valence-corrected chi connectivity index (χ1v) is 13.0. The standard InChI is InChI=1S/C24H27N5O2S2/c1-13-7-8-15-18(9-13)33-23-21(15)24(31)29(19(26-23)11-28(2)3)12-20(30)27-22-16(10-25)14-5-4-6-17(14)32-22/h13H,4-9,11-12H2,1-3H3,(H,27,30). The molecular weight excluding hydrogens is 454 g/mol. The first-order chi connectivity index (χ1) is 15.9. The molecule has 0 fully saturated rings. The van der Waals surface area contributed by atoms with Gasteiger partial charge in [0.2, 0.25) is 5.91 Å². The Labute approximate surface area is 200 Å². The summed E-state index contributed by atoms with van der Waals surface area (Å²) in [5, 5.41) is 13.8. The summed E-state index contributed by atoms with van der Waals surface area (Å²) in [7, 11) is 3.85. The molecule has 5 rings (SSSR count). The third-order valence-corrected chi connectivity index (χ3v) is 8.90. The molecule has 2 aliphatic carbocycles. The molecule has 1 amide bonds. The molecule has 0 saturated heterocycles. The van der Waals surface area contributed by atoms with E-state index < -0.39 is 0 Å². The fraction of sp³-hybridized carbons (Fsp3) is 0.500. The number of anilines is 1. The van der Waals surface area contributed by atoms with E-state index in [9.17, 15) is 14.9 Å². The number of amides is 1. The highest BCUT2D eigenvalue weighted by molar-refractivity contribution is 7.18. The van der Waals surface area contributed by atoms with E-state index >= 15 is 0 Å². The second kappa shape index (κ2) is 8.67. The molecule has 172 valence electrons. The van der Waals surface area contributed by atoms with Crippen LogP contribution in [0.15, 0.2) is 4.79 Å². The first kappa shape index (κ1) is 22.3. The quantitative estimate of drug-likeness (QED) is 0.600. The van der Waals surface area contributed by atoms with Crippen molar-refractivity contribution in [2.45, 2.75) is 58.5 Å². The van der Waals surface area contributed by atoms with Crippen molar-refractivity contribution in [1.29, 1.82) is 5.26 Å². The van der Waals surface area contributed by atoms with E-state index in [-0.39, 0.29) is 18.0 Å². The molecule has 2 aliphatic rings. The number of carbonyl (C=O) groups is 1. The van der Waals surface area contributed by atoms with Crippen molar-refractivity contribution in [3.05, 3.63) is 42.6 Å². The monoisotopic (exact) mass is 481 g/mol. The highest BCUT2D eigenvalue weighted by atomic mass is 32.1. The van der Waals surface area contributed by atoms with Crippen molar-refractivity contribution in [2.75, 3.05) is 19.4 Å². The molecular formula is C24H27N5O2S2. The Morgan fingerprint density at radius 1 is 1.24 bits per heavy atom. The van der Waals surface area contributed by atoms with Crippen LogP contribution in [0.5, 0.6) is 0 Å². The fourth-order valence-corrected chi connectivity index (χ4v) is 7.60. The van der Waals surface area contributed by atoms with Crippen LogP contribution in [0.2, 0.25) is 0 Å². The molecule has 0 saturated carbocycles. The minimum Gasteiger partial charge on any atom is -0.315 e. The van der Waals surface area contributed by atoms with Crippen LogP contribution in [0.3, 0.4) is 0 Å². The smallest absolute Gasteiger partial charge is 0.263 e. The van der Waals surface area contributed by atoms with Gasteiger partial charge in [-0.1, -0.05) is 6.92 Å². The first-order valence-electron chi connectivity index (χ1n) is 11.4. The molecule has 1 N–H and O–H groups in total. The van der Waals surface area contributed by atoms with Gasteiger partial charge in [-0.05, 0) is 69.7 Å². The summed E-state index contributed by atoms with van der Waals surface area (Å²) in [6.45, 7) is 2.60. The van der Waals surface area contributed by atoms with Crippen LogP contribution in [0, 0.1) is 17.2 Å². The van der Waals surface area contributed by atoms with Gasteiger partial charge in [-0.2, -0.15) is 5.26 Å². The number of aromatic nitrogens is 2. The van der Waals surface area contributed by atoms with Crippen molar-refractivity contribution in [3.63, 3.8) is 0 Å². The number of nitrogens with one attached hydrogen (secondary N) is 1. The van der Waals surface area contributed by atoms with Crippen LogP contribution in [-0.2, 0) is 43.6 Å². The van der Waals surface area contributed by atoms with E-state index in [4.69, 9.17) is 4.98 Å². The Kier molecular flexibility index (Phi) is 5.85. The number of carbonyl (C=O) groups excluding carboxylic acids is 1. The van der Waals surface area contributed by atoms with Crippen LogP contribution in [-0.4, -0.2) is 34.5 Å². The summed E-state index contributed by atoms with van der Waals surface area (Å²) < 4.78 is 1.52. The van der Waals surface area contributed by atoms with Crippen molar-refractivity contribution >= 4 is 43.8 Å². The summed E-state index contributed by atoms with van der Waals surface area (Å²) >= 11 is 3.12. The zero-order valence-corrected chi connectivity index (χ0v) is 20.8. The van der Waals surface area contributed by atoms with Crippen molar-refractivity contribution in [3.8, 4) is 6.07 Å². The van der Waals surface area contributed by atoms with E-state index in [0.29, 0.717) is 34.2 Å². The lowest BCUT2D eigenvalue weighted by Gasteiger charge is -2.18. The Balaban J connectivity index is 1.51. The molecule has 9 heteroatoms. The van der Waals surface area contributed by atoms with Gasteiger partial charge >= 0.3 is 0 Å². The van der Waals surface area contributed by atoms with Gasteiger partial charge in [0.05, 0.1) is 17.5 Å². The zero-order valence-electron chi connectivity index (χ0n) is 19.2. The van der Waals surface area contributed by atoms with E-state index in [1.807, 2.05) is 19.0 Å². The summed E-state index contributed by atoms with van der Waals surface area (Å²) in [6, 6.07) is 2.26. The van der Waals surface area contributed by atoms with Gasteiger partial charge in [-0.25, -0.2) is 4.98 Å². The van der Waals surface area contributed by atoms with Gasteiger partial charge in [-0.3, -0.25) is 14.2 Å². The van der Waals surface area contributed by atoms with Crippen LogP contribution < -0.4 is 10.9 Å². The van der Waals surface area contributed by atoms with Gasteiger partial charge < -0.3 is 10.2 Å². The SMILES string of the molecule is CC1CCc2c(sc3nc(CN(C)C)n(CC(=O)Nc4sc5c(c4C#N)CCC5)c(=O)c23)C1. The Hall–Kier alpha value is -2.54. The van der Waals surface area contributed by atoms with E-state index in [2.05, 4.69) is 18.3 Å². The molecule has 0 spiro atoms. The highest BCUT2D eigenvalue weighted by Crippen LogP contribution is 2.39. The number of rotatable bonds is 5. The van der Waals surface area contributed by atoms with Crippen LogP contribution >= 0.6 is 22.7 Å². The number of hydrogen-bond acceptors (Lipinski definition) is 7. The Bertz CT molecular complexity index is 1360. The van der Waals surface area contributed by atoms with Crippen molar-refractivity contribution in [2.24, 2.45) is 5.92 Å².